The van der Waals surface area contributed by atoms with Crippen LogP contribution >= 0.6 is 0 Å². The second-order valence-corrected chi connectivity index (χ2v) is 3.75. The number of likely N-dealkylation sites (tertiary alicyclic amines) is 1. The third-order valence-corrected chi connectivity index (χ3v) is 2.66. The largest absolute Gasteiger partial charge is 0.337 e. The van der Waals surface area contributed by atoms with Crippen molar-refractivity contribution in [2.24, 2.45) is 5.73 Å². The van der Waals surface area contributed by atoms with Gasteiger partial charge in [-0.15, -0.1) is 0 Å². The van der Waals surface area contributed by atoms with Crippen LogP contribution in [0.15, 0.2) is 24.3 Å². The summed E-state index contributed by atoms with van der Waals surface area (Å²) in [5.74, 6) is -0.357. The van der Waals surface area contributed by atoms with Crippen molar-refractivity contribution in [1.29, 1.82) is 0 Å². The van der Waals surface area contributed by atoms with Crippen LogP contribution in [0.4, 0.5) is 4.39 Å². The molecular formula is C11H13FN2O. The van der Waals surface area contributed by atoms with E-state index in [0.29, 0.717) is 25.1 Å². The van der Waals surface area contributed by atoms with Crippen molar-refractivity contribution >= 4 is 5.91 Å². The minimum absolute atomic E-state index is 0.0850. The van der Waals surface area contributed by atoms with Crippen LogP contribution in [0.2, 0.25) is 0 Å². The second kappa shape index (κ2) is 3.98. The third kappa shape index (κ3) is 1.99. The smallest absolute Gasteiger partial charge is 0.239 e. The summed E-state index contributed by atoms with van der Waals surface area (Å²) in [6.45, 7) is 0.938. The first-order valence-electron chi connectivity index (χ1n) is 4.96. The summed E-state index contributed by atoms with van der Waals surface area (Å²) < 4.78 is 13.3. The zero-order valence-electron chi connectivity index (χ0n) is 8.32. The van der Waals surface area contributed by atoms with Gasteiger partial charge in [-0.2, -0.15) is 0 Å². The molecule has 0 aliphatic carbocycles. The van der Waals surface area contributed by atoms with Gasteiger partial charge in [0.2, 0.25) is 5.91 Å². The highest BCUT2D eigenvalue weighted by Gasteiger charge is 2.28. The van der Waals surface area contributed by atoms with Gasteiger partial charge in [-0.25, -0.2) is 4.39 Å². The van der Waals surface area contributed by atoms with E-state index in [1.54, 1.807) is 23.1 Å². The minimum atomic E-state index is -0.406. The number of benzene rings is 1. The Morgan fingerprint density at radius 1 is 1.47 bits per heavy atom. The maximum Gasteiger partial charge on any atom is 0.239 e. The highest BCUT2D eigenvalue weighted by Crippen LogP contribution is 2.15. The molecule has 1 heterocycles. The van der Waals surface area contributed by atoms with Crippen LogP contribution in [-0.2, 0) is 11.3 Å². The molecular weight excluding hydrogens is 195 g/mol. The Bertz CT molecular complexity index is 381. The lowest BCUT2D eigenvalue weighted by Gasteiger charge is -2.16. The lowest BCUT2D eigenvalue weighted by atomic mass is 10.2. The molecule has 1 unspecified atom stereocenters. The molecule has 80 valence electrons. The fourth-order valence-corrected chi connectivity index (χ4v) is 1.75. The van der Waals surface area contributed by atoms with Crippen LogP contribution in [0.25, 0.3) is 0 Å². The van der Waals surface area contributed by atoms with E-state index in [9.17, 15) is 9.18 Å². The molecule has 0 spiro atoms. The molecule has 1 atom stereocenters. The van der Waals surface area contributed by atoms with Gasteiger partial charge in [0, 0.05) is 18.7 Å². The summed E-state index contributed by atoms with van der Waals surface area (Å²) in [7, 11) is 0. The van der Waals surface area contributed by atoms with Gasteiger partial charge >= 0.3 is 0 Å². The number of carbonyl (C=O) groups is 1. The topological polar surface area (TPSA) is 46.3 Å². The van der Waals surface area contributed by atoms with Crippen molar-refractivity contribution in [2.75, 3.05) is 6.54 Å². The van der Waals surface area contributed by atoms with E-state index in [1.165, 1.54) is 6.07 Å². The fraction of sp³-hybridized carbons (Fsp3) is 0.364. The summed E-state index contributed by atoms with van der Waals surface area (Å²) in [4.78, 5) is 13.1. The second-order valence-electron chi connectivity index (χ2n) is 3.75. The first-order valence-corrected chi connectivity index (χ1v) is 4.96. The highest BCUT2D eigenvalue weighted by atomic mass is 19.1. The average Bonchev–Trinajstić information content (AvgIpc) is 2.53. The quantitative estimate of drug-likeness (QED) is 0.784. The Kier molecular flexibility index (Phi) is 2.68. The summed E-state index contributed by atoms with van der Waals surface area (Å²) in [6, 6.07) is 6.08. The maximum absolute atomic E-state index is 13.3. The molecule has 1 aliphatic rings. The van der Waals surface area contributed by atoms with Crippen molar-refractivity contribution in [3.8, 4) is 0 Å². The van der Waals surface area contributed by atoms with Crippen molar-refractivity contribution in [3.63, 3.8) is 0 Å². The lowest BCUT2D eigenvalue weighted by molar-refractivity contribution is -0.129. The van der Waals surface area contributed by atoms with Gasteiger partial charge in [0.25, 0.3) is 0 Å². The summed E-state index contributed by atoms with van der Waals surface area (Å²) in [5, 5.41) is 0. The Morgan fingerprint density at radius 2 is 2.20 bits per heavy atom. The monoisotopic (exact) mass is 208 g/mol. The van der Waals surface area contributed by atoms with E-state index in [4.69, 9.17) is 5.73 Å². The van der Waals surface area contributed by atoms with Crippen molar-refractivity contribution < 1.29 is 9.18 Å². The van der Waals surface area contributed by atoms with E-state index in [0.717, 1.165) is 0 Å². The van der Waals surface area contributed by atoms with Crippen molar-refractivity contribution in [1.82, 2.24) is 4.90 Å². The number of nitrogens with zero attached hydrogens (tertiary/aromatic N) is 1. The summed E-state index contributed by atoms with van der Waals surface area (Å²) in [5.41, 5.74) is 6.12. The van der Waals surface area contributed by atoms with Gasteiger partial charge in [0.1, 0.15) is 5.82 Å². The van der Waals surface area contributed by atoms with Gasteiger partial charge in [0.05, 0.1) is 6.04 Å². The van der Waals surface area contributed by atoms with Crippen molar-refractivity contribution in [3.05, 3.63) is 35.6 Å². The number of halogens is 1. The molecule has 1 aliphatic heterocycles. The molecule has 0 bridgehead atoms. The number of rotatable bonds is 2. The zero-order valence-corrected chi connectivity index (χ0v) is 8.32. The summed E-state index contributed by atoms with van der Waals surface area (Å²) in [6.07, 6.45) is 0.660. The molecule has 0 aromatic heterocycles. The molecule has 1 aromatic carbocycles. The predicted molar refractivity (Wildman–Crippen MR) is 54.4 cm³/mol. The van der Waals surface area contributed by atoms with E-state index < -0.39 is 6.04 Å². The standard InChI is InChI=1S/C11H13FN2O/c12-9-4-2-1-3-8(9)7-14-6-5-10(13)11(14)15/h1-4,10H,5-7,13H2. The molecule has 15 heavy (non-hydrogen) atoms. The molecule has 1 fully saturated rings. The molecule has 2 rings (SSSR count). The highest BCUT2D eigenvalue weighted by molar-refractivity contribution is 5.83. The molecule has 3 nitrogen and oxygen atoms in total. The number of hydrogen-bond donors (Lipinski definition) is 1. The van der Waals surface area contributed by atoms with Crippen molar-refractivity contribution in [2.45, 2.75) is 19.0 Å². The minimum Gasteiger partial charge on any atom is -0.337 e. The SMILES string of the molecule is NC1CCN(Cc2ccccc2F)C1=O. The van der Waals surface area contributed by atoms with Gasteiger partial charge in [-0.3, -0.25) is 4.79 Å². The van der Waals surface area contributed by atoms with Crippen LogP contribution < -0.4 is 5.73 Å². The van der Waals surface area contributed by atoms with Gasteiger partial charge in [0.15, 0.2) is 0 Å². The molecule has 1 amide bonds. The van der Waals surface area contributed by atoms with E-state index in [2.05, 4.69) is 0 Å². The first kappa shape index (κ1) is 10.1. The molecule has 0 saturated carbocycles. The molecule has 1 aromatic rings. The number of carbonyl (C=O) groups excluding carboxylic acids is 1. The Balaban J connectivity index is 2.10. The first-order chi connectivity index (χ1) is 7.18. The van der Waals surface area contributed by atoms with Gasteiger partial charge < -0.3 is 10.6 Å². The number of hydrogen-bond acceptors (Lipinski definition) is 2. The van der Waals surface area contributed by atoms with Crippen LogP contribution in [0.3, 0.4) is 0 Å². The fourth-order valence-electron chi connectivity index (χ4n) is 1.75. The molecule has 0 radical (unpaired) electrons. The summed E-state index contributed by atoms with van der Waals surface area (Å²) >= 11 is 0. The van der Waals surface area contributed by atoms with Crippen LogP contribution in [-0.4, -0.2) is 23.4 Å². The van der Waals surface area contributed by atoms with Crippen LogP contribution in [0.5, 0.6) is 0 Å². The van der Waals surface area contributed by atoms with E-state index >= 15 is 0 Å². The lowest BCUT2D eigenvalue weighted by Crippen LogP contribution is -2.33. The third-order valence-electron chi connectivity index (χ3n) is 2.66. The van der Waals surface area contributed by atoms with Crippen LogP contribution in [0, 0.1) is 5.82 Å². The predicted octanol–water partition coefficient (Wildman–Crippen LogP) is 0.885. The average molecular weight is 208 g/mol. The Hall–Kier alpha value is -1.42. The Morgan fingerprint density at radius 3 is 2.80 bits per heavy atom. The molecule has 1 saturated heterocycles. The van der Waals surface area contributed by atoms with Gasteiger partial charge in [-0.1, -0.05) is 18.2 Å². The maximum atomic E-state index is 13.3. The zero-order chi connectivity index (χ0) is 10.8. The van der Waals surface area contributed by atoms with E-state index in [-0.39, 0.29) is 11.7 Å². The van der Waals surface area contributed by atoms with Gasteiger partial charge in [-0.05, 0) is 12.5 Å². The number of amides is 1. The Labute approximate surface area is 87.7 Å². The normalized spacial score (nSPS) is 21.1. The van der Waals surface area contributed by atoms with Crippen LogP contribution in [0.1, 0.15) is 12.0 Å². The van der Waals surface area contributed by atoms with E-state index in [1.807, 2.05) is 0 Å². The molecule has 4 heteroatoms. The number of nitrogens with two attached hydrogens (primary N) is 1. The molecule has 2 N–H and O–H groups in total.